The minimum Gasteiger partial charge on any atom is -0.461 e. The van der Waals surface area contributed by atoms with E-state index in [2.05, 4.69) is 10.1 Å². The highest BCUT2D eigenvalue weighted by Crippen LogP contribution is 2.11. The van der Waals surface area contributed by atoms with Crippen molar-refractivity contribution in [3.63, 3.8) is 0 Å². The predicted molar refractivity (Wildman–Crippen MR) is 64.8 cm³/mol. The van der Waals surface area contributed by atoms with Crippen LogP contribution < -0.4 is 5.73 Å². The average Bonchev–Trinajstić information content (AvgIpc) is 2.96. The minimum atomic E-state index is -0.493. The first-order valence-electron chi connectivity index (χ1n) is 5.67. The van der Waals surface area contributed by atoms with Gasteiger partial charge in [-0.05, 0) is 13.0 Å². The molecular weight excluding hydrogens is 234 g/mol. The van der Waals surface area contributed by atoms with Gasteiger partial charge in [-0.15, -0.1) is 0 Å². The predicted octanol–water partition coefficient (Wildman–Crippen LogP) is 0.539. The van der Waals surface area contributed by atoms with Crippen molar-refractivity contribution < 1.29 is 9.53 Å². The van der Waals surface area contributed by atoms with Crippen LogP contribution in [0.2, 0.25) is 0 Å². The van der Waals surface area contributed by atoms with Gasteiger partial charge in [0.15, 0.2) is 5.69 Å². The molecule has 2 heterocycles. The van der Waals surface area contributed by atoms with Gasteiger partial charge in [-0.25, -0.2) is 9.78 Å². The first-order chi connectivity index (χ1) is 8.72. The standard InChI is InChI=1S/C11H15N5O2/c1-2-18-11(17)9-10(12)15(8-13-9)6-7-16-5-3-4-14-16/h3-5,8H,2,6-7,12H2,1H3. The Labute approximate surface area is 104 Å². The summed E-state index contributed by atoms with van der Waals surface area (Å²) in [6.07, 6.45) is 5.10. The molecule has 2 aromatic heterocycles. The van der Waals surface area contributed by atoms with Crippen LogP contribution in [0.1, 0.15) is 17.4 Å². The maximum absolute atomic E-state index is 11.5. The molecule has 0 unspecified atom stereocenters. The smallest absolute Gasteiger partial charge is 0.360 e. The third-order valence-corrected chi connectivity index (χ3v) is 2.48. The fourth-order valence-electron chi connectivity index (χ4n) is 1.57. The third kappa shape index (κ3) is 2.50. The van der Waals surface area contributed by atoms with Gasteiger partial charge in [0.25, 0.3) is 0 Å². The number of hydrogen-bond acceptors (Lipinski definition) is 5. The first kappa shape index (κ1) is 12.2. The summed E-state index contributed by atoms with van der Waals surface area (Å²) in [6, 6.07) is 1.85. The summed E-state index contributed by atoms with van der Waals surface area (Å²) in [5, 5.41) is 4.08. The number of nitrogen functional groups attached to an aromatic ring is 1. The zero-order valence-electron chi connectivity index (χ0n) is 10.1. The number of rotatable bonds is 5. The van der Waals surface area contributed by atoms with Crippen molar-refractivity contribution in [2.45, 2.75) is 20.0 Å². The van der Waals surface area contributed by atoms with E-state index in [1.165, 1.54) is 6.33 Å². The SMILES string of the molecule is CCOC(=O)c1ncn(CCn2cccn2)c1N. The number of hydrogen-bond donors (Lipinski definition) is 1. The van der Waals surface area contributed by atoms with Crippen LogP contribution >= 0.6 is 0 Å². The quantitative estimate of drug-likeness (QED) is 0.781. The van der Waals surface area contributed by atoms with E-state index in [4.69, 9.17) is 10.5 Å². The van der Waals surface area contributed by atoms with E-state index in [-0.39, 0.29) is 5.69 Å². The molecular formula is C11H15N5O2. The summed E-state index contributed by atoms with van der Waals surface area (Å²) in [7, 11) is 0. The van der Waals surface area contributed by atoms with Gasteiger partial charge < -0.3 is 15.0 Å². The summed E-state index contributed by atoms with van der Waals surface area (Å²) in [4.78, 5) is 15.5. The lowest BCUT2D eigenvalue weighted by molar-refractivity contribution is 0.0521. The third-order valence-electron chi connectivity index (χ3n) is 2.48. The van der Waals surface area contributed by atoms with E-state index in [0.29, 0.717) is 25.5 Å². The van der Waals surface area contributed by atoms with E-state index >= 15 is 0 Å². The average molecular weight is 249 g/mol. The van der Waals surface area contributed by atoms with Crippen LogP contribution in [0.15, 0.2) is 24.8 Å². The summed E-state index contributed by atoms with van der Waals surface area (Å²) in [5.41, 5.74) is 6.01. The van der Waals surface area contributed by atoms with Crippen molar-refractivity contribution in [2.75, 3.05) is 12.3 Å². The Kier molecular flexibility index (Phi) is 3.61. The molecule has 0 aliphatic rings. The molecule has 0 amide bonds. The van der Waals surface area contributed by atoms with E-state index in [1.54, 1.807) is 22.4 Å². The molecule has 0 aromatic carbocycles. The van der Waals surface area contributed by atoms with Crippen LogP contribution in [0, 0.1) is 0 Å². The monoisotopic (exact) mass is 249 g/mol. The zero-order valence-corrected chi connectivity index (χ0v) is 10.1. The van der Waals surface area contributed by atoms with E-state index in [1.807, 2.05) is 12.3 Å². The lowest BCUT2D eigenvalue weighted by Crippen LogP contribution is -2.12. The molecule has 0 radical (unpaired) electrons. The molecule has 0 aliphatic carbocycles. The van der Waals surface area contributed by atoms with Gasteiger partial charge >= 0.3 is 5.97 Å². The topological polar surface area (TPSA) is 88.0 Å². The molecule has 18 heavy (non-hydrogen) atoms. The number of nitrogens with two attached hydrogens (primary N) is 1. The van der Waals surface area contributed by atoms with Crippen LogP contribution in [0.3, 0.4) is 0 Å². The van der Waals surface area contributed by atoms with Gasteiger partial charge in [0, 0.05) is 18.9 Å². The Morgan fingerprint density at radius 1 is 1.50 bits per heavy atom. The zero-order chi connectivity index (χ0) is 13.0. The van der Waals surface area contributed by atoms with Crippen LogP contribution in [0.4, 0.5) is 5.82 Å². The molecule has 0 saturated heterocycles. The normalized spacial score (nSPS) is 10.5. The molecule has 0 atom stereocenters. The summed E-state index contributed by atoms with van der Waals surface area (Å²) < 4.78 is 8.34. The van der Waals surface area contributed by atoms with Crippen molar-refractivity contribution in [3.05, 3.63) is 30.5 Å². The number of carbonyl (C=O) groups is 1. The molecule has 7 nitrogen and oxygen atoms in total. The number of imidazole rings is 1. The summed E-state index contributed by atoms with van der Waals surface area (Å²) in [5.74, 6) is -0.173. The second kappa shape index (κ2) is 5.35. The van der Waals surface area contributed by atoms with Gasteiger partial charge in [0.05, 0.1) is 19.5 Å². The molecule has 0 saturated carbocycles. The lowest BCUT2D eigenvalue weighted by Gasteiger charge is -2.05. The first-order valence-corrected chi connectivity index (χ1v) is 5.67. The Bertz CT molecular complexity index is 518. The highest BCUT2D eigenvalue weighted by Gasteiger charge is 2.16. The van der Waals surface area contributed by atoms with E-state index < -0.39 is 5.97 Å². The molecule has 2 rings (SSSR count). The molecule has 0 aliphatic heterocycles. The number of carbonyl (C=O) groups excluding carboxylic acids is 1. The molecule has 0 fully saturated rings. The van der Waals surface area contributed by atoms with E-state index in [9.17, 15) is 4.79 Å². The highest BCUT2D eigenvalue weighted by molar-refractivity contribution is 5.92. The molecule has 2 aromatic rings. The Morgan fingerprint density at radius 3 is 3.00 bits per heavy atom. The number of esters is 1. The van der Waals surface area contributed by atoms with Gasteiger partial charge in [-0.2, -0.15) is 5.10 Å². The second-order valence-corrected chi connectivity index (χ2v) is 3.66. The van der Waals surface area contributed by atoms with Crippen molar-refractivity contribution in [3.8, 4) is 0 Å². The van der Waals surface area contributed by atoms with Crippen LogP contribution in [-0.2, 0) is 17.8 Å². The van der Waals surface area contributed by atoms with Gasteiger partial charge in [-0.1, -0.05) is 0 Å². The summed E-state index contributed by atoms with van der Waals surface area (Å²) >= 11 is 0. The number of aromatic nitrogens is 4. The summed E-state index contributed by atoms with van der Waals surface area (Å²) in [6.45, 7) is 3.30. The van der Waals surface area contributed by atoms with Gasteiger partial charge in [-0.3, -0.25) is 4.68 Å². The Hall–Kier alpha value is -2.31. The van der Waals surface area contributed by atoms with Crippen molar-refractivity contribution in [1.82, 2.24) is 19.3 Å². The number of ether oxygens (including phenoxy) is 1. The van der Waals surface area contributed by atoms with Crippen LogP contribution in [0.5, 0.6) is 0 Å². The fraction of sp³-hybridized carbons (Fsp3) is 0.364. The number of aryl methyl sites for hydroxylation is 2. The minimum absolute atomic E-state index is 0.164. The Balaban J connectivity index is 2.04. The van der Waals surface area contributed by atoms with Crippen molar-refractivity contribution in [2.24, 2.45) is 0 Å². The molecule has 7 heteroatoms. The van der Waals surface area contributed by atoms with Crippen molar-refractivity contribution in [1.29, 1.82) is 0 Å². The number of anilines is 1. The fourth-order valence-corrected chi connectivity index (χ4v) is 1.57. The number of nitrogens with zero attached hydrogens (tertiary/aromatic N) is 4. The molecule has 0 bridgehead atoms. The van der Waals surface area contributed by atoms with Gasteiger partial charge in [0.2, 0.25) is 0 Å². The molecule has 0 spiro atoms. The van der Waals surface area contributed by atoms with Crippen LogP contribution in [0.25, 0.3) is 0 Å². The highest BCUT2D eigenvalue weighted by atomic mass is 16.5. The van der Waals surface area contributed by atoms with E-state index in [0.717, 1.165) is 0 Å². The largest absolute Gasteiger partial charge is 0.461 e. The Morgan fingerprint density at radius 2 is 2.33 bits per heavy atom. The molecule has 2 N–H and O–H groups in total. The maximum Gasteiger partial charge on any atom is 0.360 e. The lowest BCUT2D eigenvalue weighted by atomic mass is 10.4. The van der Waals surface area contributed by atoms with Gasteiger partial charge in [0.1, 0.15) is 5.82 Å². The maximum atomic E-state index is 11.5. The van der Waals surface area contributed by atoms with Crippen molar-refractivity contribution >= 4 is 11.8 Å². The van der Waals surface area contributed by atoms with Crippen LogP contribution in [-0.4, -0.2) is 31.9 Å². The molecule has 96 valence electrons. The second-order valence-electron chi connectivity index (χ2n) is 3.66.